The van der Waals surface area contributed by atoms with Gasteiger partial charge in [0.2, 0.25) is 0 Å². The summed E-state index contributed by atoms with van der Waals surface area (Å²) < 4.78 is 4.54. The third-order valence-corrected chi connectivity index (χ3v) is 3.01. The number of rotatable bonds is 7. The summed E-state index contributed by atoms with van der Waals surface area (Å²) in [5, 5.41) is 5.73. The molecule has 0 aromatic rings. The molecular weight excluding hydrogens is 220 g/mol. The van der Waals surface area contributed by atoms with Gasteiger partial charge in [-0.25, -0.2) is 4.79 Å². The van der Waals surface area contributed by atoms with Gasteiger partial charge in [-0.15, -0.1) is 0 Å². The molecule has 0 saturated heterocycles. The number of amides is 2. The Balaban J connectivity index is 1.86. The van der Waals surface area contributed by atoms with Gasteiger partial charge in [-0.2, -0.15) is 0 Å². The minimum atomic E-state index is -0.166. The van der Waals surface area contributed by atoms with Gasteiger partial charge in [0, 0.05) is 19.0 Å². The molecule has 1 aliphatic rings. The summed E-state index contributed by atoms with van der Waals surface area (Å²) in [4.78, 5) is 22.1. The van der Waals surface area contributed by atoms with Gasteiger partial charge in [0.1, 0.15) is 0 Å². The predicted octanol–water partition coefficient (Wildman–Crippen LogP) is 1.57. The van der Waals surface area contributed by atoms with Crippen LogP contribution in [0.5, 0.6) is 0 Å². The van der Waals surface area contributed by atoms with Crippen molar-refractivity contribution < 1.29 is 14.3 Å². The molecule has 2 amide bonds. The lowest BCUT2D eigenvalue weighted by Gasteiger charge is -2.26. The fraction of sp³-hybridized carbons (Fsp3) is 0.833. The summed E-state index contributed by atoms with van der Waals surface area (Å²) in [7, 11) is 1.40. The molecule has 0 aromatic heterocycles. The molecule has 17 heavy (non-hydrogen) atoms. The summed E-state index contributed by atoms with van der Waals surface area (Å²) in [6.45, 7) is 0.666. The smallest absolute Gasteiger partial charge is 0.315 e. The first kappa shape index (κ1) is 13.8. The molecule has 0 atom stereocenters. The lowest BCUT2D eigenvalue weighted by atomic mass is 9.93. The summed E-state index contributed by atoms with van der Waals surface area (Å²) in [5.74, 6) is -0.166. The van der Waals surface area contributed by atoms with Gasteiger partial charge in [-0.3, -0.25) is 4.79 Å². The van der Waals surface area contributed by atoms with Crippen molar-refractivity contribution in [3.05, 3.63) is 0 Å². The van der Waals surface area contributed by atoms with Crippen molar-refractivity contribution in [3.63, 3.8) is 0 Å². The average molecular weight is 242 g/mol. The van der Waals surface area contributed by atoms with Crippen LogP contribution in [0.2, 0.25) is 0 Å². The first-order valence-electron chi connectivity index (χ1n) is 6.33. The maximum Gasteiger partial charge on any atom is 0.315 e. The molecule has 98 valence electrons. The third-order valence-electron chi connectivity index (χ3n) is 3.01. The highest BCUT2D eigenvalue weighted by molar-refractivity contribution is 5.74. The van der Waals surface area contributed by atoms with Crippen molar-refractivity contribution in [1.29, 1.82) is 0 Å². The van der Waals surface area contributed by atoms with Crippen molar-refractivity contribution in [2.24, 2.45) is 0 Å². The number of nitrogens with one attached hydrogen (secondary N) is 2. The highest BCUT2D eigenvalue weighted by Gasteiger charge is 2.18. The number of carbonyl (C=O) groups excluding carboxylic acids is 2. The Morgan fingerprint density at radius 1 is 1.24 bits per heavy atom. The number of hydrogen-bond donors (Lipinski definition) is 2. The fourth-order valence-electron chi connectivity index (χ4n) is 1.66. The average Bonchev–Trinajstić information content (AvgIpc) is 2.28. The largest absolute Gasteiger partial charge is 0.469 e. The van der Waals surface area contributed by atoms with E-state index < -0.39 is 0 Å². The molecular formula is C12H22N2O3. The number of methoxy groups -OCH3 is 1. The van der Waals surface area contributed by atoms with Crippen molar-refractivity contribution in [3.8, 4) is 0 Å². The molecule has 1 fully saturated rings. The van der Waals surface area contributed by atoms with E-state index in [0.29, 0.717) is 19.0 Å². The van der Waals surface area contributed by atoms with Gasteiger partial charge >= 0.3 is 12.0 Å². The second-order valence-electron chi connectivity index (χ2n) is 4.41. The molecule has 0 spiro atoms. The van der Waals surface area contributed by atoms with Gasteiger partial charge in [0.15, 0.2) is 0 Å². The topological polar surface area (TPSA) is 67.4 Å². The number of urea groups is 1. The molecule has 0 unspecified atom stereocenters. The maximum atomic E-state index is 11.3. The normalized spacial score (nSPS) is 14.9. The monoisotopic (exact) mass is 242 g/mol. The highest BCUT2D eigenvalue weighted by atomic mass is 16.5. The van der Waals surface area contributed by atoms with Crippen molar-refractivity contribution in [2.45, 2.75) is 51.0 Å². The second-order valence-corrected chi connectivity index (χ2v) is 4.41. The van der Waals surface area contributed by atoms with E-state index >= 15 is 0 Å². The number of carbonyl (C=O) groups is 2. The molecule has 0 aliphatic heterocycles. The highest BCUT2D eigenvalue weighted by Crippen LogP contribution is 2.17. The predicted molar refractivity (Wildman–Crippen MR) is 64.7 cm³/mol. The summed E-state index contributed by atoms with van der Waals surface area (Å²) in [5.41, 5.74) is 0. The van der Waals surface area contributed by atoms with Crippen LogP contribution < -0.4 is 10.6 Å². The molecule has 1 aliphatic carbocycles. The van der Waals surface area contributed by atoms with Crippen LogP contribution in [0, 0.1) is 0 Å². The molecule has 5 nitrogen and oxygen atoms in total. The van der Waals surface area contributed by atoms with Crippen LogP contribution in [0.25, 0.3) is 0 Å². The van der Waals surface area contributed by atoms with E-state index in [1.807, 2.05) is 0 Å². The first-order chi connectivity index (χ1) is 8.22. The van der Waals surface area contributed by atoms with Crippen LogP contribution in [0.3, 0.4) is 0 Å². The van der Waals surface area contributed by atoms with E-state index in [1.54, 1.807) is 0 Å². The van der Waals surface area contributed by atoms with Crippen LogP contribution in [0.15, 0.2) is 0 Å². The minimum Gasteiger partial charge on any atom is -0.469 e. The number of unbranched alkanes of at least 4 members (excludes halogenated alkanes) is 2. The Labute approximate surface area is 102 Å². The Morgan fingerprint density at radius 2 is 2.00 bits per heavy atom. The zero-order chi connectivity index (χ0) is 12.5. The standard InChI is InChI=1S/C12H22N2O3/c1-17-11(15)8-3-2-4-9-13-12(16)14-10-6-5-7-10/h10H,2-9H2,1H3,(H2,13,14,16). The Bertz CT molecular complexity index is 252. The van der Waals surface area contributed by atoms with Gasteiger partial charge in [0.05, 0.1) is 7.11 Å². The van der Waals surface area contributed by atoms with E-state index in [0.717, 1.165) is 32.1 Å². The van der Waals surface area contributed by atoms with Gasteiger partial charge < -0.3 is 15.4 Å². The zero-order valence-corrected chi connectivity index (χ0v) is 10.5. The number of ether oxygens (including phenoxy) is 1. The van der Waals surface area contributed by atoms with Crippen LogP contribution in [-0.4, -0.2) is 31.7 Å². The quantitative estimate of drug-likeness (QED) is 0.526. The zero-order valence-electron chi connectivity index (χ0n) is 10.5. The lowest BCUT2D eigenvalue weighted by Crippen LogP contribution is -2.45. The van der Waals surface area contributed by atoms with Crippen molar-refractivity contribution in [1.82, 2.24) is 10.6 Å². The molecule has 0 bridgehead atoms. The van der Waals surface area contributed by atoms with E-state index in [1.165, 1.54) is 13.5 Å². The molecule has 0 aromatic carbocycles. The molecule has 1 saturated carbocycles. The third kappa shape index (κ3) is 6.14. The molecule has 1 rings (SSSR count). The van der Waals surface area contributed by atoms with Crippen LogP contribution in [0.4, 0.5) is 4.79 Å². The second kappa shape index (κ2) is 7.92. The van der Waals surface area contributed by atoms with Gasteiger partial charge in [-0.1, -0.05) is 6.42 Å². The van der Waals surface area contributed by atoms with Crippen molar-refractivity contribution in [2.75, 3.05) is 13.7 Å². The van der Waals surface area contributed by atoms with Crippen LogP contribution >= 0.6 is 0 Å². The molecule has 5 heteroatoms. The molecule has 0 heterocycles. The first-order valence-corrected chi connectivity index (χ1v) is 6.33. The van der Waals surface area contributed by atoms with E-state index in [4.69, 9.17) is 0 Å². The maximum absolute atomic E-state index is 11.3. The van der Waals surface area contributed by atoms with E-state index in [2.05, 4.69) is 15.4 Å². The van der Waals surface area contributed by atoms with Crippen LogP contribution in [0.1, 0.15) is 44.9 Å². The molecule has 2 N–H and O–H groups in total. The summed E-state index contributed by atoms with van der Waals surface area (Å²) in [6.07, 6.45) is 6.54. The van der Waals surface area contributed by atoms with E-state index in [9.17, 15) is 9.59 Å². The Hall–Kier alpha value is -1.26. The number of hydrogen-bond acceptors (Lipinski definition) is 3. The van der Waals surface area contributed by atoms with Crippen LogP contribution in [-0.2, 0) is 9.53 Å². The minimum absolute atomic E-state index is 0.0670. The molecule has 0 radical (unpaired) electrons. The SMILES string of the molecule is COC(=O)CCCCCNC(=O)NC1CCC1. The Morgan fingerprint density at radius 3 is 2.59 bits per heavy atom. The fourth-order valence-corrected chi connectivity index (χ4v) is 1.66. The van der Waals surface area contributed by atoms with Gasteiger partial charge in [0.25, 0.3) is 0 Å². The number of esters is 1. The summed E-state index contributed by atoms with van der Waals surface area (Å²) in [6, 6.07) is 0.317. The summed E-state index contributed by atoms with van der Waals surface area (Å²) >= 11 is 0. The Kier molecular flexibility index (Phi) is 6.43. The van der Waals surface area contributed by atoms with Crippen molar-refractivity contribution >= 4 is 12.0 Å². The van der Waals surface area contributed by atoms with Gasteiger partial charge in [-0.05, 0) is 32.1 Å². The van der Waals surface area contributed by atoms with E-state index in [-0.39, 0.29) is 12.0 Å². The lowest BCUT2D eigenvalue weighted by molar-refractivity contribution is -0.140.